The molecular formula is C26H25N3O3S2. The molecule has 2 atom stereocenters. The Morgan fingerprint density at radius 2 is 1.38 bits per heavy atom. The Labute approximate surface area is 204 Å². The molecule has 1 aliphatic rings. The topological polar surface area (TPSA) is 90.9 Å². The average molecular weight is 492 g/mol. The molecule has 8 heteroatoms. The minimum Gasteiger partial charge on any atom is -0.361 e. The summed E-state index contributed by atoms with van der Waals surface area (Å²) >= 11 is 1.66. The summed E-state index contributed by atoms with van der Waals surface area (Å²) in [6.07, 6.45) is 1.89. The van der Waals surface area contributed by atoms with Crippen LogP contribution in [-0.4, -0.2) is 53.6 Å². The SMILES string of the molecule is CS(=O)(=O)N1CC(SC(c2ccccc2)(c2ccccc2)c2ccccc2)CC1C(C=O)=[N+]=[N-]. The van der Waals surface area contributed by atoms with Gasteiger partial charge in [-0.3, -0.25) is 4.79 Å². The normalized spacial score (nSPS) is 18.9. The Hall–Kier alpha value is -3.03. The van der Waals surface area contributed by atoms with Crippen molar-refractivity contribution >= 4 is 33.8 Å². The summed E-state index contributed by atoms with van der Waals surface area (Å²) in [6, 6.07) is 29.6. The quantitative estimate of drug-likeness (QED) is 0.157. The molecule has 3 aromatic rings. The lowest BCUT2D eigenvalue weighted by molar-refractivity contribution is -0.107. The highest BCUT2D eigenvalue weighted by molar-refractivity contribution is 8.01. The molecule has 174 valence electrons. The van der Waals surface area contributed by atoms with E-state index in [4.69, 9.17) is 0 Å². The van der Waals surface area contributed by atoms with Crippen LogP contribution in [0.1, 0.15) is 23.1 Å². The van der Waals surface area contributed by atoms with Crippen LogP contribution in [0.4, 0.5) is 0 Å². The number of carbonyl (C=O) groups is 1. The van der Waals surface area contributed by atoms with E-state index in [9.17, 15) is 18.7 Å². The van der Waals surface area contributed by atoms with Gasteiger partial charge in [0.05, 0.1) is 11.0 Å². The molecule has 0 radical (unpaired) electrons. The van der Waals surface area contributed by atoms with Crippen molar-refractivity contribution in [1.29, 1.82) is 0 Å². The molecule has 0 bridgehead atoms. The highest BCUT2D eigenvalue weighted by Gasteiger charge is 2.48. The Balaban J connectivity index is 1.87. The number of nitrogens with zero attached hydrogens (tertiary/aromatic N) is 3. The maximum absolute atomic E-state index is 12.6. The van der Waals surface area contributed by atoms with Crippen LogP contribution < -0.4 is 0 Å². The Morgan fingerprint density at radius 1 is 0.941 bits per heavy atom. The highest BCUT2D eigenvalue weighted by atomic mass is 32.2. The summed E-state index contributed by atoms with van der Waals surface area (Å²) in [7, 11) is -3.63. The first kappa shape index (κ1) is 24.1. The molecule has 2 unspecified atom stereocenters. The van der Waals surface area contributed by atoms with E-state index < -0.39 is 20.8 Å². The first-order valence-corrected chi connectivity index (χ1v) is 13.6. The third-order valence-electron chi connectivity index (χ3n) is 6.11. The van der Waals surface area contributed by atoms with Crippen molar-refractivity contribution < 1.29 is 18.0 Å². The summed E-state index contributed by atoms with van der Waals surface area (Å²) in [5.41, 5.74) is 12.4. The minimum atomic E-state index is -3.63. The van der Waals surface area contributed by atoms with E-state index in [1.54, 1.807) is 11.8 Å². The zero-order valence-corrected chi connectivity index (χ0v) is 20.3. The molecule has 0 amide bonds. The summed E-state index contributed by atoms with van der Waals surface area (Å²) < 4.78 is 25.8. The molecule has 0 spiro atoms. The van der Waals surface area contributed by atoms with Crippen LogP contribution in [0, 0.1) is 0 Å². The van der Waals surface area contributed by atoms with Crippen molar-refractivity contribution in [2.24, 2.45) is 0 Å². The zero-order valence-electron chi connectivity index (χ0n) is 18.7. The van der Waals surface area contributed by atoms with Crippen molar-refractivity contribution in [2.45, 2.75) is 22.5 Å². The molecule has 4 rings (SSSR count). The highest BCUT2D eigenvalue weighted by Crippen LogP contribution is 2.52. The molecular weight excluding hydrogens is 466 g/mol. The van der Waals surface area contributed by atoms with E-state index >= 15 is 0 Å². The summed E-state index contributed by atoms with van der Waals surface area (Å²) in [4.78, 5) is 14.6. The fourth-order valence-electron chi connectivity index (χ4n) is 4.63. The molecule has 0 aliphatic carbocycles. The van der Waals surface area contributed by atoms with Gasteiger partial charge in [-0.05, 0) is 23.1 Å². The first-order valence-electron chi connectivity index (χ1n) is 10.9. The maximum Gasteiger partial charge on any atom is 0.349 e. The van der Waals surface area contributed by atoms with Crippen molar-refractivity contribution in [2.75, 3.05) is 12.8 Å². The monoisotopic (exact) mass is 491 g/mol. The third-order valence-corrected chi connectivity index (χ3v) is 9.10. The van der Waals surface area contributed by atoms with Gasteiger partial charge in [-0.15, -0.1) is 11.8 Å². The minimum absolute atomic E-state index is 0.169. The predicted octanol–water partition coefficient (Wildman–Crippen LogP) is 3.98. The Morgan fingerprint density at radius 3 is 1.74 bits per heavy atom. The first-order chi connectivity index (χ1) is 16.4. The molecule has 1 aliphatic heterocycles. The van der Waals surface area contributed by atoms with Gasteiger partial charge in [0.2, 0.25) is 16.3 Å². The van der Waals surface area contributed by atoms with Gasteiger partial charge < -0.3 is 5.53 Å². The lowest BCUT2D eigenvalue weighted by atomic mass is 9.84. The number of rotatable bonds is 8. The van der Waals surface area contributed by atoms with Gasteiger partial charge in [0, 0.05) is 11.8 Å². The summed E-state index contributed by atoms with van der Waals surface area (Å²) in [5.74, 6) is 0. The smallest absolute Gasteiger partial charge is 0.349 e. The van der Waals surface area contributed by atoms with Gasteiger partial charge >= 0.3 is 5.71 Å². The molecule has 34 heavy (non-hydrogen) atoms. The lowest BCUT2D eigenvalue weighted by Gasteiger charge is -2.37. The van der Waals surface area contributed by atoms with Gasteiger partial charge in [-0.25, -0.2) is 8.42 Å². The molecule has 0 aromatic heterocycles. The van der Waals surface area contributed by atoms with E-state index in [0.717, 1.165) is 22.9 Å². The van der Waals surface area contributed by atoms with E-state index in [1.165, 1.54) is 4.31 Å². The van der Waals surface area contributed by atoms with Crippen molar-refractivity contribution in [3.63, 3.8) is 0 Å². The second kappa shape index (κ2) is 10.1. The largest absolute Gasteiger partial charge is 0.361 e. The van der Waals surface area contributed by atoms with E-state index in [-0.39, 0.29) is 17.5 Å². The number of hydrogen-bond donors (Lipinski definition) is 0. The molecule has 1 fully saturated rings. The number of carbonyl (C=O) groups excluding carboxylic acids is 1. The zero-order chi connectivity index (χ0) is 24.2. The number of benzene rings is 3. The van der Waals surface area contributed by atoms with Crippen LogP contribution >= 0.6 is 11.8 Å². The molecule has 0 N–H and O–H groups in total. The number of thioether (sulfide) groups is 1. The van der Waals surface area contributed by atoms with Gasteiger partial charge in [0.25, 0.3) is 0 Å². The molecule has 0 saturated carbocycles. The molecule has 1 heterocycles. The standard InChI is InChI=1S/C26H25N3O3S2/c1-34(31,32)29-18-23(17-25(29)24(19-30)28-27)33-26(20-11-5-2-6-12-20,21-13-7-3-8-14-21)22-15-9-4-10-16-22/h2-16,19,23,25H,17-18H2,1H3. The fraction of sp³-hybridized carbons (Fsp3) is 0.231. The maximum atomic E-state index is 12.6. The second-order valence-electron chi connectivity index (χ2n) is 8.25. The van der Waals surface area contributed by atoms with Crippen LogP contribution in [0.25, 0.3) is 5.53 Å². The van der Waals surface area contributed by atoms with E-state index in [1.807, 2.05) is 54.6 Å². The van der Waals surface area contributed by atoms with Crippen molar-refractivity contribution in [1.82, 2.24) is 4.31 Å². The van der Waals surface area contributed by atoms with Gasteiger partial charge in [0.1, 0.15) is 6.04 Å². The van der Waals surface area contributed by atoms with Gasteiger partial charge in [-0.2, -0.15) is 9.10 Å². The van der Waals surface area contributed by atoms with Gasteiger partial charge in [0.15, 0.2) is 0 Å². The predicted molar refractivity (Wildman–Crippen MR) is 135 cm³/mol. The van der Waals surface area contributed by atoms with E-state index in [2.05, 4.69) is 41.2 Å². The fourth-order valence-corrected chi connectivity index (χ4v) is 7.66. The van der Waals surface area contributed by atoms with Crippen LogP contribution in [-0.2, 0) is 19.6 Å². The molecule has 6 nitrogen and oxygen atoms in total. The lowest BCUT2D eigenvalue weighted by Crippen LogP contribution is -2.41. The molecule has 3 aromatic carbocycles. The number of aldehydes is 1. The summed E-state index contributed by atoms with van der Waals surface area (Å²) in [5, 5.41) is -0.169. The van der Waals surface area contributed by atoms with Crippen LogP contribution in [0.5, 0.6) is 0 Å². The number of hydrogen-bond acceptors (Lipinski definition) is 4. The van der Waals surface area contributed by atoms with Crippen LogP contribution in [0.3, 0.4) is 0 Å². The second-order valence-corrected chi connectivity index (χ2v) is 11.7. The van der Waals surface area contributed by atoms with Crippen molar-refractivity contribution in [3.8, 4) is 0 Å². The van der Waals surface area contributed by atoms with Gasteiger partial charge in [-0.1, -0.05) is 91.0 Å². The molecule has 1 saturated heterocycles. The van der Waals surface area contributed by atoms with E-state index in [0.29, 0.717) is 12.7 Å². The number of sulfonamides is 1. The summed E-state index contributed by atoms with van der Waals surface area (Å²) in [6.45, 7) is 0.204. The van der Waals surface area contributed by atoms with Crippen LogP contribution in [0.2, 0.25) is 0 Å². The average Bonchev–Trinajstić information content (AvgIpc) is 3.29. The third kappa shape index (κ3) is 4.63. The van der Waals surface area contributed by atoms with Crippen molar-refractivity contribution in [3.05, 3.63) is 113 Å². The van der Waals surface area contributed by atoms with Crippen LogP contribution in [0.15, 0.2) is 91.0 Å². The Kier molecular flexibility index (Phi) is 7.14. The Bertz CT molecular complexity index is 1200.